The zero-order chi connectivity index (χ0) is 15.0. The van der Waals surface area contributed by atoms with Gasteiger partial charge in [-0.25, -0.2) is 4.79 Å². The van der Waals surface area contributed by atoms with Gasteiger partial charge in [-0.1, -0.05) is 25.3 Å². The Morgan fingerprint density at radius 1 is 1.10 bits per heavy atom. The fourth-order valence-corrected chi connectivity index (χ4v) is 1.53. The minimum Gasteiger partial charge on any atom is -0.490 e. The number of carbonyl (C=O) groups excluding carboxylic acids is 1. The summed E-state index contributed by atoms with van der Waals surface area (Å²) < 4.78 is 20.9. The Morgan fingerprint density at radius 2 is 1.60 bits per heavy atom. The molecule has 108 valence electrons. The molecule has 0 saturated carbocycles. The summed E-state index contributed by atoms with van der Waals surface area (Å²) in [6.07, 6.45) is 3.18. The van der Waals surface area contributed by atoms with E-state index in [1.54, 1.807) is 12.2 Å². The highest BCUT2D eigenvalue weighted by atomic mass is 16.5. The predicted octanol–water partition coefficient (Wildman–Crippen LogP) is 2.61. The Hall–Kier alpha value is -2.43. The third kappa shape index (κ3) is 3.78. The van der Waals surface area contributed by atoms with Gasteiger partial charge in [0.05, 0.1) is 19.8 Å². The molecule has 0 aliphatic rings. The van der Waals surface area contributed by atoms with E-state index in [4.69, 9.17) is 18.9 Å². The molecular weight excluding hydrogens is 260 g/mol. The number of ether oxygens (including phenoxy) is 4. The first kappa shape index (κ1) is 15.6. The smallest absolute Gasteiger partial charge is 0.338 e. The van der Waals surface area contributed by atoms with Crippen LogP contribution >= 0.6 is 0 Å². The van der Waals surface area contributed by atoms with Crippen molar-refractivity contribution in [2.45, 2.75) is 0 Å². The number of benzene rings is 1. The molecular formula is C15H18O5. The fourth-order valence-electron chi connectivity index (χ4n) is 1.53. The molecule has 0 bridgehead atoms. The maximum atomic E-state index is 11.7. The summed E-state index contributed by atoms with van der Waals surface area (Å²) in [5, 5.41) is 0. The lowest BCUT2D eigenvalue weighted by Crippen LogP contribution is -2.06. The molecule has 0 N–H and O–H groups in total. The summed E-state index contributed by atoms with van der Waals surface area (Å²) in [5.41, 5.74) is 0.312. The third-order valence-electron chi connectivity index (χ3n) is 2.36. The van der Waals surface area contributed by atoms with Gasteiger partial charge in [0, 0.05) is 0 Å². The van der Waals surface area contributed by atoms with Gasteiger partial charge < -0.3 is 18.9 Å². The van der Waals surface area contributed by atoms with E-state index in [1.807, 2.05) is 0 Å². The zero-order valence-corrected chi connectivity index (χ0v) is 11.7. The second-order valence-corrected chi connectivity index (χ2v) is 3.70. The normalized spacial score (nSPS) is 9.50. The van der Waals surface area contributed by atoms with Crippen molar-refractivity contribution >= 4 is 5.97 Å². The Kier molecular flexibility index (Phi) is 6.16. The molecule has 5 heteroatoms. The second kappa shape index (κ2) is 7.89. The quantitative estimate of drug-likeness (QED) is 0.540. The van der Waals surface area contributed by atoms with Gasteiger partial charge in [-0.15, -0.1) is 0 Å². The molecule has 0 heterocycles. The first-order chi connectivity index (χ1) is 9.67. The Bertz CT molecular complexity index is 460. The summed E-state index contributed by atoms with van der Waals surface area (Å²) in [7, 11) is 2.80. The number of rotatable bonds is 8. The average molecular weight is 278 g/mol. The number of carbonyl (C=O) groups is 1. The van der Waals surface area contributed by atoms with Crippen LogP contribution in [0.25, 0.3) is 0 Å². The number of methoxy groups -OCH3 is 2. The van der Waals surface area contributed by atoms with Crippen molar-refractivity contribution in [3.63, 3.8) is 0 Å². The number of hydrogen-bond acceptors (Lipinski definition) is 5. The van der Waals surface area contributed by atoms with E-state index < -0.39 is 5.97 Å². The van der Waals surface area contributed by atoms with E-state index in [1.165, 1.54) is 26.4 Å². The van der Waals surface area contributed by atoms with Crippen molar-refractivity contribution in [2.24, 2.45) is 0 Å². The van der Waals surface area contributed by atoms with Crippen LogP contribution in [-0.4, -0.2) is 33.4 Å². The van der Waals surface area contributed by atoms with Gasteiger partial charge in [0.1, 0.15) is 13.2 Å². The van der Waals surface area contributed by atoms with Crippen LogP contribution in [0.2, 0.25) is 0 Å². The highest BCUT2D eigenvalue weighted by Gasteiger charge is 2.18. The van der Waals surface area contributed by atoms with E-state index in [0.29, 0.717) is 22.8 Å². The van der Waals surface area contributed by atoms with Crippen LogP contribution in [0.3, 0.4) is 0 Å². The summed E-state index contributed by atoms with van der Waals surface area (Å²) in [5.74, 6) is 0.685. The van der Waals surface area contributed by atoms with Crippen LogP contribution in [0.4, 0.5) is 0 Å². The van der Waals surface area contributed by atoms with Crippen molar-refractivity contribution in [1.29, 1.82) is 0 Å². The molecule has 1 aromatic rings. The fraction of sp³-hybridized carbons (Fsp3) is 0.267. The van der Waals surface area contributed by atoms with E-state index >= 15 is 0 Å². The second-order valence-electron chi connectivity index (χ2n) is 3.70. The lowest BCUT2D eigenvalue weighted by atomic mass is 10.2. The average Bonchev–Trinajstić information content (AvgIpc) is 2.49. The molecule has 0 saturated heterocycles. The van der Waals surface area contributed by atoms with Gasteiger partial charge in [0.15, 0.2) is 11.5 Å². The van der Waals surface area contributed by atoms with E-state index in [2.05, 4.69) is 13.2 Å². The topological polar surface area (TPSA) is 54.0 Å². The van der Waals surface area contributed by atoms with Gasteiger partial charge in [-0.2, -0.15) is 0 Å². The predicted molar refractivity (Wildman–Crippen MR) is 75.7 cm³/mol. The van der Waals surface area contributed by atoms with Crippen LogP contribution in [0.5, 0.6) is 17.2 Å². The van der Waals surface area contributed by atoms with Gasteiger partial charge in [-0.3, -0.25) is 0 Å². The van der Waals surface area contributed by atoms with Gasteiger partial charge in [0.2, 0.25) is 5.75 Å². The van der Waals surface area contributed by atoms with Gasteiger partial charge >= 0.3 is 5.97 Å². The number of hydrogen-bond donors (Lipinski definition) is 0. The van der Waals surface area contributed by atoms with Crippen molar-refractivity contribution < 1.29 is 23.7 Å². The molecule has 0 amide bonds. The lowest BCUT2D eigenvalue weighted by molar-refractivity contribution is 0.0599. The van der Waals surface area contributed by atoms with Crippen molar-refractivity contribution in [2.75, 3.05) is 27.4 Å². The molecule has 0 aromatic heterocycles. The highest BCUT2D eigenvalue weighted by Crippen LogP contribution is 2.38. The molecule has 0 aliphatic heterocycles. The molecule has 0 spiro atoms. The molecule has 0 atom stereocenters. The maximum absolute atomic E-state index is 11.7. The molecule has 0 aliphatic carbocycles. The van der Waals surface area contributed by atoms with Gasteiger partial charge in [0.25, 0.3) is 0 Å². The third-order valence-corrected chi connectivity index (χ3v) is 2.36. The minimum atomic E-state index is -0.487. The van der Waals surface area contributed by atoms with E-state index in [0.717, 1.165) is 0 Å². The molecule has 0 unspecified atom stereocenters. The monoisotopic (exact) mass is 278 g/mol. The first-order valence-corrected chi connectivity index (χ1v) is 5.95. The van der Waals surface area contributed by atoms with E-state index in [-0.39, 0.29) is 13.2 Å². The Balaban J connectivity index is 3.25. The van der Waals surface area contributed by atoms with Crippen LogP contribution in [0.15, 0.2) is 37.4 Å². The molecule has 1 aromatic carbocycles. The SMILES string of the molecule is C=CCOc1cc(C(=O)OC)cc(OCC=C)c1OC. The lowest BCUT2D eigenvalue weighted by Gasteiger charge is -2.15. The van der Waals surface area contributed by atoms with Crippen LogP contribution in [0.1, 0.15) is 10.4 Å². The van der Waals surface area contributed by atoms with Crippen LogP contribution in [0, 0.1) is 0 Å². The standard InChI is InChI=1S/C15H18O5/c1-5-7-19-12-9-11(15(16)18-4)10-13(14(12)17-3)20-8-6-2/h5-6,9-10H,1-2,7-8H2,3-4H3. The van der Waals surface area contributed by atoms with Crippen LogP contribution in [-0.2, 0) is 4.74 Å². The molecule has 0 radical (unpaired) electrons. The highest BCUT2D eigenvalue weighted by molar-refractivity contribution is 5.91. The van der Waals surface area contributed by atoms with Crippen molar-refractivity contribution in [3.8, 4) is 17.2 Å². The maximum Gasteiger partial charge on any atom is 0.338 e. The summed E-state index contributed by atoms with van der Waals surface area (Å²) in [6, 6.07) is 3.07. The van der Waals surface area contributed by atoms with E-state index in [9.17, 15) is 4.79 Å². The molecule has 1 rings (SSSR count). The summed E-state index contributed by atoms with van der Waals surface area (Å²) in [4.78, 5) is 11.7. The van der Waals surface area contributed by atoms with Gasteiger partial charge in [-0.05, 0) is 12.1 Å². The number of esters is 1. The minimum absolute atomic E-state index is 0.280. The van der Waals surface area contributed by atoms with Crippen LogP contribution < -0.4 is 14.2 Å². The van der Waals surface area contributed by atoms with Crippen molar-refractivity contribution in [3.05, 3.63) is 43.0 Å². The summed E-state index contributed by atoms with van der Waals surface area (Å²) in [6.45, 7) is 7.71. The molecule has 5 nitrogen and oxygen atoms in total. The zero-order valence-electron chi connectivity index (χ0n) is 11.7. The molecule has 0 fully saturated rings. The Morgan fingerprint density at radius 3 is 1.95 bits per heavy atom. The Labute approximate surface area is 118 Å². The summed E-state index contributed by atoms with van der Waals surface area (Å²) >= 11 is 0. The van der Waals surface area contributed by atoms with Crippen molar-refractivity contribution in [1.82, 2.24) is 0 Å². The first-order valence-electron chi connectivity index (χ1n) is 5.95. The largest absolute Gasteiger partial charge is 0.490 e. The molecule has 20 heavy (non-hydrogen) atoms.